The molecular weight excluding hydrogens is 416 g/mol. The summed E-state index contributed by atoms with van der Waals surface area (Å²) in [5.41, 5.74) is 0.371. The minimum absolute atomic E-state index is 0.104. The summed E-state index contributed by atoms with van der Waals surface area (Å²) in [5, 5.41) is 22.3. The van der Waals surface area contributed by atoms with E-state index in [1.54, 1.807) is 0 Å². The van der Waals surface area contributed by atoms with Gasteiger partial charge >= 0.3 is 6.16 Å². The van der Waals surface area contributed by atoms with Crippen molar-refractivity contribution in [1.82, 2.24) is 0 Å². The lowest BCUT2D eigenvalue weighted by Gasteiger charge is -2.21. The molecule has 0 aromatic heterocycles. The maximum absolute atomic E-state index is 12.5. The standard InChI is InChI=1S/C23H28N2O7/c1-22(2,3)13-15-11-17(24(27)28)7-9-19(15)31-21(26)32-20-10-8-18(25(29)30)12-16(20)14-23(4,5)6/h7-12H,13-14H2,1-6H3. The number of ether oxygens (including phenoxy) is 2. The SMILES string of the molecule is CC(C)(C)Cc1cc([N+](=O)[O-])ccc1OC(=O)Oc1ccc([N+](=O)[O-])cc1CC(C)(C)C. The van der Waals surface area contributed by atoms with E-state index in [9.17, 15) is 25.0 Å². The Hall–Kier alpha value is -3.49. The molecule has 0 spiro atoms. The smallest absolute Gasteiger partial charge is 0.394 e. The van der Waals surface area contributed by atoms with Gasteiger partial charge in [0.1, 0.15) is 11.5 Å². The fourth-order valence-corrected chi connectivity index (χ4v) is 3.18. The Kier molecular flexibility index (Phi) is 7.23. The average molecular weight is 444 g/mol. The van der Waals surface area contributed by atoms with Gasteiger partial charge in [0.05, 0.1) is 9.85 Å². The van der Waals surface area contributed by atoms with Crippen LogP contribution in [0.25, 0.3) is 0 Å². The molecule has 0 N–H and O–H groups in total. The van der Waals surface area contributed by atoms with E-state index in [1.165, 1.54) is 36.4 Å². The number of rotatable bonds is 6. The van der Waals surface area contributed by atoms with Crippen molar-refractivity contribution < 1.29 is 24.1 Å². The van der Waals surface area contributed by atoms with Crippen molar-refractivity contribution in [3.63, 3.8) is 0 Å². The molecule has 32 heavy (non-hydrogen) atoms. The molecule has 0 radical (unpaired) electrons. The van der Waals surface area contributed by atoms with E-state index in [4.69, 9.17) is 9.47 Å². The van der Waals surface area contributed by atoms with Crippen LogP contribution in [-0.4, -0.2) is 16.0 Å². The van der Waals surface area contributed by atoms with Gasteiger partial charge in [-0.25, -0.2) is 4.79 Å². The maximum atomic E-state index is 12.5. The summed E-state index contributed by atoms with van der Waals surface area (Å²) in [7, 11) is 0. The third-order valence-corrected chi connectivity index (χ3v) is 4.34. The second-order valence-corrected chi connectivity index (χ2v) is 10.0. The van der Waals surface area contributed by atoms with Gasteiger partial charge in [0.25, 0.3) is 11.4 Å². The van der Waals surface area contributed by atoms with Gasteiger partial charge in [0.2, 0.25) is 0 Å². The Bertz CT molecular complexity index is 952. The predicted molar refractivity (Wildman–Crippen MR) is 119 cm³/mol. The van der Waals surface area contributed by atoms with Crippen molar-refractivity contribution in [3.05, 3.63) is 67.8 Å². The summed E-state index contributed by atoms with van der Waals surface area (Å²) in [5.74, 6) is 0.324. The van der Waals surface area contributed by atoms with Crippen LogP contribution in [0.5, 0.6) is 11.5 Å². The number of benzene rings is 2. The summed E-state index contributed by atoms with van der Waals surface area (Å²) in [6, 6.07) is 8.01. The fraction of sp³-hybridized carbons (Fsp3) is 0.435. The minimum Gasteiger partial charge on any atom is -0.394 e. The van der Waals surface area contributed by atoms with Gasteiger partial charge in [-0.1, -0.05) is 41.5 Å². The van der Waals surface area contributed by atoms with E-state index >= 15 is 0 Å². The Labute approximate surface area is 186 Å². The van der Waals surface area contributed by atoms with Crippen molar-refractivity contribution in [2.75, 3.05) is 0 Å². The Balaban J connectivity index is 2.32. The first kappa shape index (κ1) is 24.8. The van der Waals surface area contributed by atoms with Gasteiger partial charge in [-0.05, 0) is 35.8 Å². The molecule has 2 aromatic rings. The summed E-state index contributed by atoms with van der Waals surface area (Å²) >= 11 is 0. The summed E-state index contributed by atoms with van der Waals surface area (Å²) in [6.45, 7) is 11.8. The molecular formula is C23H28N2O7. The number of hydrogen-bond acceptors (Lipinski definition) is 7. The van der Waals surface area contributed by atoms with Crippen LogP contribution in [0.3, 0.4) is 0 Å². The average Bonchev–Trinajstić information content (AvgIpc) is 2.61. The molecule has 2 rings (SSSR count). The highest BCUT2D eigenvalue weighted by atomic mass is 16.7. The molecule has 0 saturated heterocycles. The first-order valence-electron chi connectivity index (χ1n) is 10.1. The second kappa shape index (κ2) is 9.33. The number of nitro benzene ring substituents is 2. The van der Waals surface area contributed by atoms with Crippen molar-refractivity contribution in [2.24, 2.45) is 10.8 Å². The number of non-ortho nitro benzene ring substituents is 2. The molecule has 9 nitrogen and oxygen atoms in total. The zero-order chi connectivity index (χ0) is 24.3. The van der Waals surface area contributed by atoms with E-state index in [2.05, 4.69) is 0 Å². The van der Waals surface area contributed by atoms with Crippen LogP contribution < -0.4 is 9.47 Å². The molecule has 0 aliphatic carbocycles. The van der Waals surface area contributed by atoms with Gasteiger partial charge in [0.15, 0.2) is 0 Å². The largest absolute Gasteiger partial charge is 0.519 e. The fourth-order valence-electron chi connectivity index (χ4n) is 3.18. The maximum Gasteiger partial charge on any atom is 0.519 e. The lowest BCUT2D eigenvalue weighted by Crippen LogP contribution is -2.18. The molecule has 0 unspecified atom stereocenters. The lowest BCUT2D eigenvalue weighted by molar-refractivity contribution is -0.385. The van der Waals surface area contributed by atoms with Crippen LogP contribution in [-0.2, 0) is 12.8 Å². The van der Waals surface area contributed by atoms with E-state index in [0.717, 1.165) is 0 Å². The number of carbonyl (C=O) groups is 1. The summed E-state index contributed by atoms with van der Waals surface area (Å²) in [6.07, 6.45) is -0.160. The predicted octanol–water partition coefficient (Wildman–Crippen LogP) is 6.26. The van der Waals surface area contributed by atoms with Crippen molar-refractivity contribution in [3.8, 4) is 11.5 Å². The molecule has 0 fully saturated rings. The molecule has 9 heteroatoms. The van der Waals surface area contributed by atoms with Gasteiger partial charge < -0.3 is 9.47 Å². The Morgan fingerprint density at radius 1 is 0.750 bits per heavy atom. The molecule has 0 aliphatic heterocycles. The van der Waals surface area contributed by atoms with Crippen LogP contribution in [0.2, 0.25) is 0 Å². The van der Waals surface area contributed by atoms with Crippen LogP contribution in [0, 0.1) is 31.1 Å². The second-order valence-electron chi connectivity index (χ2n) is 10.0. The number of carbonyl (C=O) groups excluding carboxylic acids is 1. The summed E-state index contributed by atoms with van der Waals surface area (Å²) in [4.78, 5) is 33.8. The van der Waals surface area contributed by atoms with Crippen molar-refractivity contribution in [1.29, 1.82) is 0 Å². The van der Waals surface area contributed by atoms with Crippen molar-refractivity contribution >= 4 is 17.5 Å². The monoisotopic (exact) mass is 444 g/mol. The normalized spacial score (nSPS) is 11.7. The molecule has 0 heterocycles. The van der Waals surface area contributed by atoms with Crippen LogP contribution in [0.15, 0.2) is 36.4 Å². The molecule has 2 aromatic carbocycles. The number of nitrogens with zero attached hydrogens (tertiary/aromatic N) is 2. The Morgan fingerprint density at radius 3 is 1.38 bits per heavy atom. The first-order valence-corrected chi connectivity index (χ1v) is 10.1. The minimum atomic E-state index is -1.03. The molecule has 0 amide bonds. The van der Waals surface area contributed by atoms with Crippen LogP contribution >= 0.6 is 0 Å². The molecule has 0 atom stereocenters. The van der Waals surface area contributed by atoms with Crippen LogP contribution in [0.4, 0.5) is 16.2 Å². The zero-order valence-electron chi connectivity index (χ0n) is 19.1. The van der Waals surface area contributed by atoms with Gasteiger partial charge in [-0.3, -0.25) is 20.2 Å². The third-order valence-electron chi connectivity index (χ3n) is 4.34. The molecule has 0 saturated carbocycles. The quantitative estimate of drug-likeness (QED) is 0.223. The van der Waals surface area contributed by atoms with Crippen molar-refractivity contribution in [2.45, 2.75) is 54.4 Å². The van der Waals surface area contributed by atoms with E-state index in [0.29, 0.717) is 24.0 Å². The number of hydrogen-bond donors (Lipinski definition) is 0. The lowest BCUT2D eigenvalue weighted by atomic mass is 9.87. The Morgan fingerprint density at radius 2 is 1.09 bits per heavy atom. The zero-order valence-corrected chi connectivity index (χ0v) is 19.1. The van der Waals surface area contributed by atoms with Gasteiger partial charge in [0, 0.05) is 35.4 Å². The molecule has 0 aliphatic rings. The van der Waals surface area contributed by atoms with Crippen LogP contribution in [0.1, 0.15) is 52.7 Å². The topological polar surface area (TPSA) is 122 Å². The molecule has 0 bridgehead atoms. The first-order chi connectivity index (χ1) is 14.6. The number of nitro groups is 2. The van der Waals surface area contributed by atoms with E-state index in [-0.39, 0.29) is 33.7 Å². The molecule has 172 valence electrons. The highest BCUT2D eigenvalue weighted by Crippen LogP contribution is 2.33. The summed E-state index contributed by atoms with van der Waals surface area (Å²) < 4.78 is 10.8. The van der Waals surface area contributed by atoms with Gasteiger partial charge in [-0.15, -0.1) is 0 Å². The highest BCUT2D eigenvalue weighted by Gasteiger charge is 2.23. The van der Waals surface area contributed by atoms with Gasteiger partial charge in [-0.2, -0.15) is 0 Å². The van der Waals surface area contributed by atoms with E-state index in [1.807, 2.05) is 41.5 Å². The van der Waals surface area contributed by atoms with E-state index < -0.39 is 16.0 Å². The highest BCUT2D eigenvalue weighted by molar-refractivity contribution is 5.69. The third kappa shape index (κ3) is 7.33.